The molecule has 1 atom stereocenters. The Kier molecular flexibility index (Phi) is 5.72. The average molecular weight is 428 g/mol. The van der Waals surface area contributed by atoms with Gasteiger partial charge in [-0.3, -0.25) is 14.2 Å². The third-order valence-corrected chi connectivity index (χ3v) is 5.16. The molecule has 0 aliphatic heterocycles. The highest BCUT2D eigenvalue weighted by molar-refractivity contribution is 6.04. The Morgan fingerprint density at radius 3 is 2.12 bits per heavy atom. The lowest BCUT2D eigenvalue weighted by atomic mass is 10.0. The molecular formula is C25H20N2O5. The Bertz CT molecular complexity index is 1300. The summed E-state index contributed by atoms with van der Waals surface area (Å²) in [5, 5.41) is 14.3. The summed E-state index contributed by atoms with van der Waals surface area (Å²) < 4.78 is 6.18. The van der Waals surface area contributed by atoms with E-state index in [1.807, 2.05) is 0 Å². The number of methoxy groups -OCH3 is 1. The van der Waals surface area contributed by atoms with E-state index in [2.05, 4.69) is 5.32 Å². The number of nitrogens with zero attached hydrogens (tertiary/aromatic N) is 1. The predicted octanol–water partition coefficient (Wildman–Crippen LogP) is 3.68. The summed E-state index contributed by atoms with van der Waals surface area (Å²) in [4.78, 5) is 38.2. The monoisotopic (exact) mass is 428 g/mol. The van der Waals surface area contributed by atoms with Crippen LogP contribution >= 0.6 is 0 Å². The summed E-state index contributed by atoms with van der Waals surface area (Å²) in [5.74, 6) is -1.89. The molecule has 160 valence electrons. The van der Waals surface area contributed by atoms with Crippen molar-refractivity contribution < 1.29 is 24.2 Å². The number of aromatic nitrogens is 1. The number of carbonyl (C=O) groups is 3. The van der Waals surface area contributed by atoms with Gasteiger partial charge in [-0.25, -0.2) is 4.79 Å². The molecule has 3 aromatic carbocycles. The Labute approximate surface area is 183 Å². The van der Waals surface area contributed by atoms with Crippen molar-refractivity contribution in [2.75, 3.05) is 7.11 Å². The van der Waals surface area contributed by atoms with Crippen LogP contribution in [0.2, 0.25) is 0 Å². The van der Waals surface area contributed by atoms with E-state index in [9.17, 15) is 19.5 Å². The number of benzene rings is 3. The number of hydrogen-bond donors (Lipinski definition) is 2. The van der Waals surface area contributed by atoms with E-state index in [0.717, 1.165) is 0 Å². The first-order valence-corrected chi connectivity index (χ1v) is 9.87. The normalized spacial score (nSPS) is 11.7. The van der Waals surface area contributed by atoms with Crippen LogP contribution in [0.5, 0.6) is 5.75 Å². The van der Waals surface area contributed by atoms with Gasteiger partial charge in [0.2, 0.25) is 0 Å². The van der Waals surface area contributed by atoms with Gasteiger partial charge in [0.15, 0.2) is 6.04 Å². The number of esters is 1. The third kappa shape index (κ3) is 3.83. The molecule has 0 aliphatic carbocycles. The minimum atomic E-state index is -1.27. The number of carbonyl (C=O) groups excluding carboxylic acids is 3. The topological polar surface area (TPSA) is 97.6 Å². The van der Waals surface area contributed by atoms with Crippen molar-refractivity contribution in [2.45, 2.75) is 6.04 Å². The molecule has 4 rings (SSSR count). The van der Waals surface area contributed by atoms with Gasteiger partial charge in [-0.2, -0.15) is 0 Å². The number of fused-ring (bicyclic) bond motifs is 1. The van der Waals surface area contributed by atoms with E-state index >= 15 is 0 Å². The molecule has 0 fully saturated rings. The zero-order chi connectivity index (χ0) is 22.7. The lowest BCUT2D eigenvalue weighted by Gasteiger charge is -2.19. The molecule has 0 bridgehead atoms. The molecule has 7 heteroatoms. The second-order valence-corrected chi connectivity index (χ2v) is 7.09. The second-order valence-electron chi connectivity index (χ2n) is 7.09. The van der Waals surface area contributed by atoms with Crippen LogP contribution in [0.25, 0.3) is 10.9 Å². The molecule has 1 aromatic heterocycles. The van der Waals surface area contributed by atoms with Gasteiger partial charge < -0.3 is 15.2 Å². The van der Waals surface area contributed by atoms with E-state index in [0.29, 0.717) is 16.5 Å². The van der Waals surface area contributed by atoms with Crippen LogP contribution in [-0.2, 0) is 9.53 Å². The zero-order valence-electron chi connectivity index (χ0n) is 17.2. The maximum atomic E-state index is 13.0. The highest BCUT2D eigenvalue weighted by Crippen LogP contribution is 2.34. The van der Waals surface area contributed by atoms with Crippen molar-refractivity contribution >= 4 is 28.7 Å². The van der Waals surface area contributed by atoms with Gasteiger partial charge in [-0.1, -0.05) is 48.5 Å². The van der Waals surface area contributed by atoms with Crippen LogP contribution in [0.4, 0.5) is 0 Å². The lowest BCUT2D eigenvalue weighted by molar-refractivity contribution is -0.143. The van der Waals surface area contributed by atoms with Crippen LogP contribution in [0.3, 0.4) is 0 Å². The van der Waals surface area contributed by atoms with Gasteiger partial charge in [0, 0.05) is 28.3 Å². The molecule has 0 aliphatic rings. The Morgan fingerprint density at radius 1 is 0.875 bits per heavy atom. The van der Waals surface area contributed by atoms with Crippen LogP contribution in [0.1, 0.15) is 32.3 Å². The van der Waals surface area contributed by atoms with Gasteiger partial charge in [0.25, 0.3) is 11.8 Å². The quantitative estimate of drug-likeness (QED) is 0.473. The fourth-order valence-electron chi connectivity index (χ4n) is 3.54. The molecular weight excluding hydrogens is 408 g/mol. The average Bonchev–Trinajstić information content (AvgIpc) is 3.28. The number of phenols is 1. The Balaban J connectivity index is 1.77. The van der Waals surface area contributed by atoms with Gasteiger partial charge in [-0.15, -0.1) is 0 Å². The highest BCUT2D eigenvalue weighted by atomic mass is 16.5. The zero-order valence-corrected chi connectivity index (χ0v) is 17.2. The minimum absolute atomic E-state index is 0.120. The SMILES string of the molecule is COC(=O)C(NC(=O)c1ccccc1)c1ccc2ccn(C(=O)c3ccccc3)c2c1O. The summed E-state index contributed by atoms with van der Waals surface area (Å²) in [6.45, 7) is 0. The van der Waals surface area contributed by atoms with Gasteiger partial charge in [0.1, 0.15) is 5.75 Å². The first kappa shape index (κ1) is 20.9. The maximum absolute atomic E-state index is 13.0. The molecule has 32 heavy (non-hydrogen) atoms. The summed E-state index contributed by atoms with van der Waals surface area (Å²) >= 11 is 0. The number of aromatic hydroxyl groups is 1. The van der Waals surface area contributed by atoms with Crippen molar-refractivity contribution in [3.8, 4) is 5.75 Å². The van der Waals surface area contributed by atoms with E-state index in [4.69, 9.17) is 4.74 Å². The van der Waals surface area contributed by atoms with Crippen molar-refractivity contribution in [3.63, 3.8) is 0 Å². The summed E-state index contributed by atoms with van der Waals surface area (Å²) in [6, 6.07) is 20.6. The lowest BCUT2D eigenvalue weighted by Crippen LogP contribution is -2.34. The van der Waals surface area contributed by atoms with Crippen molar-refractivity contribution in [3.05, 3.63) is 102 Å². The van der Waals surface area contributed by atoms with E-state index in [-0.39, 0.29) is 22.7 Å². The van der Waals surface area contributed by atoms with Crippen molar-refractivity contribution in [1.29, 1.82) is 0 Å². The van der Waals surface area contributed by atoms with Crippen LogP contribution in [0, 0.1) is 0 Å². The Hall–Kier alpha value is -4.39. The molecule has 0 saturated heterocycles. The molecule has 1 unspecified atom stereocenters. The molecule has 1 heterocycles. The van der Waals surface area contributed by atoms with Crippen molar-refractivity contribution in [1.82, 2.24) is 9.88 Å². The molecule has 4 aromatic rings. The molecule has 7 nitrogen and oxygen atoms in total. The fourth-order valence-corrected chi connectivity index (χ4v) is 3.54. The van der Waals surface area contributed by atoms with Gasteiger partial charge in [0.05, 0.1) is 12.6 Å². The molecule has 1 amide bonds. The fraction of sp³-hybridized carbons (Fsp3) is 0.0800. The first-order chi connectivity index (χ1) is 15.5. The summed E-state index contributed by atoms with van der Waals surface area (Å²) in [6.07, 6.45) is 1.55. The van der Waals surface area contributed by atoms with Gasteiger partial charge >= 0.3 is 5.97 Å². The standard InChI is InChI=1S/C25H20N2O5/c1-32-25(31)20(26-23(29)17-8-4-2-5-9-17)19-13-12-16-14-15-27(21(16)22(19)28)24(30)18-10-6-3-7-11-18/h2-15,20,28H,1H3,(H,26,29). The predicted molar refractivity (Wildman–Crippen MR) is 118 cm³/mol. The van der Waals surface area contributed by atoms with E-state index in [1.54, 1.807) is 79.0 Å². The molecule has 0 radical (unpaired) electrons. The molecule has 0 saturated carbocycles. The number of nitrogens with one attached hydrogen (secondary N) is 1. The second kappa shape index (κ2) is 8.77. The van der Waals surface area contributed by atoms with Crippen LogP contribution in [-0.4, -0.2) is 34.6 Å². The third-order valence-electron chi connectivity index (χ3n) is 5.16. The van der Waals surface area contributed by atoms with Crippen LogP contribution < -0.4 is 5.32 Å². The van der Waals surface area contributed by atoms with Crippen molar-refractivity contribution in [2.24, 2.45) is 0 Å². The molecule has 2 N–H and O–H groups in total. The number of rotatable bonds is 5. The summed E-state index contributed by atoms with van der Waals surface area (Å²) in [7, 11) is 1.20. The molecule has 0 spiro atoms. The largest absolute Gasteiger partial charge is 0.505 e. The van der Waals surface area contributed by atoms with E-state index in [1.165, 1.54) is 17.7 Å². The number of hydrogen-bond acceptors (Lipinski definition) is 5. The smallest absolute Gasteiger partial charge is 0.333 e. The highest BCUT2D eigenvalue weighted by Gasteiger charge is 2.29. The first-order valence-electron chi connectivity index (χ1n) is 9.87. The Morgan fingerprint density at radius 2 is 1.50 bits per heavy atom. The number of phenolic OH excluding ortho intramolecular Hbond substituents is 1. The van der Waals surface area contributed by atoms with Crippen LogP contribution in [0.15, 0.2) is 85.1 Å². The number of amides is 1. The number of ether oxygens (including phenoxy) is 1. The maximum Gasteiger partial charge on any atom is 0.333 e. The van der Waals surface area contributed by atoms with E-state index < -0.39 is 17.9 Å². The minimum Gasteiger partial charge on any atom is -0.505 e. The van der Waals surface area contributed by atoms with Gasteiger partial charge in [-0.05, 0) is 30.3 Å². The summed E-state index contributed by atoms with van der Waals surface area (Å²) in [5.41, 5.74) is 1.15.